The molecule has 2 atom stereocenters. The fourth-order valence-electron chi connectivity index (χ4n) is 5.04. The van der Waals surface area contributed by atoms with Gasteiger partial charge in [0.1, 0.15) is 12.4 Å². The molecule has 4 rings (SSSR count). The highest BCUT2D eigenvalue weighted by Crippen LogP contribution is 2.47. The van der Waals surface area contributed by atoms with Gasteiger partial charge >= 0.3 is 5.97 Å². The van der Waals surface area contributed by atoms with Crippen LogP contribution < -0.4 is 14.8 Å². The number of ether oxygens (including phenoxy) is 3. The number of methoxy groups -OCH3 is 2. The fraction of sp³-hybridized carbons (Fsp3) is 0.379. The van der Waals surface area contributed by atoms with E-state index in [9.17, 15) is 14.7 Å². The second-order valence-corrected chi connectivity index (χ2v) is 10.4. The lowest BCUT2D eigenvalue weighted by atomic mass is 9.71. The maximum atomic E-state index is 13.7. The Morgan fingerprint density at radius 3 is 2.49 bits per heavy atom. The summed E-state index contributed by atoms with van der Waals surface area (Å²) in [6.07, 6.45) is 0.957. The predicted octanol–water partition coefficient (Wildman–Crippen LogP) is 5.07. The number of thioether (sulfide) groups is 1. The van der Waals surface area contributed by atoms with Gasteiger partial charge in [0.25, 0.3) is 0 Å². The zero-order chi connectivity index (χ0) is 26.5. The zero-order valence-corrected chi connectivity index (χ0v) is 22.4. The van der Waals surface area contributed by atoms with E-state index in [4.69, 9.17) is 14.2 Å². The SMILES string of the molecule is CCSCCOC(=O)C1=C(C)NC2=C(C(=O)CC(c3ccc(OC)cc3)C2)C1c1ccc(O)c(OC)c1. The number of aromatic hydroxyl groups is 1. The molecule has 0 aromatic heterocycles. The summed E-state index contributed by atoms with van der Waals surface area (Å²) in [6, 6.07) is 12.7. The molecule has 0 radical (unpaired) electrons. The van der Waals surface area contributed by atoms with Crippen molar-refractivity contribution in [2.24, 2.45) is 0 Å². The lowest BCUT2D eigenvalue weighted by Crippen LogP contribution is -2.36. The quantitative estimate of drug-likeness (QED) is 0.348. The Balaban J connectivity index is 1.73. The summed E-state index contributed by atoms with van der Waals surface area (Å²) in [5, 5.41) is 13.5. The van der Waals surface area contributed by atoms with Gasteiger partial charge in [0.05, 0.1) is 19.8 Å². The van der Waals surface area contributed by atoms with Crippen molar-refractivity contribution in [2.75, 3.05) is 32.3 Å². The molecule has 1 aliphatic carbocycles. The maximum absolute atomic E-state index is 13.7. The van der Waals surface area contributed by atoms with E-state index >= 15 is 0 Å². The van der Waals surface area contributed by atoms with E-state index in [0.717, 1.165) is 22.8 Å². The molecule has 2 N–H and O–H groups in total. The Morgan fingerprint density at radius 1 is 1.08 bits per heavy atom. The van der Waals surface area contributed by atoms with Crippen LogP contribution >= 0.6 is 11.8 Å². The molecule has 0 saturated heterocycles. The number of carbonyl (C=O) groups excluding carboxylic acids is 2. The van der Waals surface area contributed by atoms with Crippen molar-refractivity contribution in [2.45, 2.75) is 38.5 Å². The second-order valence-electron chi connectivity index (χ2n) is 9.05. The number of phenolic OH excluding ortho intramolecular Hbond substituents is 1. The third-order valence-electron chi connectivity index (χ3n) is 6.84. The van der Waals surface area contributed by atoms with Gasteiger partial charge in [-0.3, -0.25) is 4.79 Å². The molecule has 0 spiro atoms. The Kier molecular flexibility index (Phi) is 8.48. The van der Waals surface area contributed by atoms with Crippen LogP contribution in [0.4, 0.5) is 0 Å². The molecule has 1 heterocycles. The maximum Gasteiger partial charge on any atom is 0.336 e. The number of hydrogen-bond acceptors (Lipinski definition) is 8. The standard InChI is InChI=1S/C29H33NO6S/c1-5-37-13-12-36-29(33)26-17(2)30-22-14-20(18-6-9-21(34-3)10-7-18)15-24(32)28(22)27(26)19-8-11-23(31)25(16-19)35-4/h6-11,16,20,27,30-31H,5,12-15H2,1-4H3. The van der Waals surface area contributed by atoms with Gasteiger partial charge in [0, 0.05) is 35.1 Å². The summed E-state index contributed by atoms with van der Waals surface area (Å²) in [4.78, 5) is 27.1. The van der Waals surface area contributed by atoms with Crippen LogP contribution in [0.1, 0.15) is 49.7 Å². The Bertz CT molecular complexity index is 1230. The van der Waals surface area contributed by atoms with E-state index in [2.05, 4.69) is 12.2 Å². The second kappa shape index (κ2) is 11.8. The molecular weight excluding hydrogens is 490 g/mol. The van der Waals surface area contributed by atoms with E-state index in [-0.39, 0.29) is 23.2 Å². The molecule has 2 unspecified atom stereocenters. The molecule has 0 fully saturated rings. The molecule has 2 aromatic carbocycles. The summed E-state index contributed by atoms with van der Waals surface area (Å²) in [6.45, 7) is 4.19. The summed E-state index contributed by atoms with van der Waals surface area (Å²) in [7, 11) is 3.10. The first-order valence-electron chi connectivity index (χ1n) is 12.4. The summed E-state index contributed by atoms with van der Waals surface area (Å²) < 4.78 is 16.2. The topological polar surface area (TPSA) is 94.1 Å². The van der Waals surface area contributed by atoms with Gasteiger partial charge in [0.15, 0.2) is 17.3 Å². The first-order chi connectivity index (χ1) is 17.9. The molecule has 1 aliphatic heterocycles. The predicted molar refractivity (Wildman–Crippen MR) is 144 cm³/mol. The number of esters is 1. The molecule has 2 aromatic rings. The van der Waals surface area contributed by atoms with E-state index in [1.807, 2.05) is 31.2 Å². The van der Waals surface area contributed by atoms with Crippen molar-refractivity contribution in [1.82, 2.24) is 5.32 Å². The molecule has 0 amide bonds. The number of phenols is 1. The third-order valence-corrected chi connectivity index (χ3v) is 7.70. The van der Waals surface area contributed by atoms with Gasteiger partial charge in [-0.15, -0.1) is 0 Å². The van der Waals surface area contributed by atoms with E-state index in [1.165, 1.54) is 13.2 Å². The minimum atomic E-state index is -0.624. The van der Waals surface area contributed by atoms with Crippen LogP contribution in [0.25, 0.3) is 0 Å². The summed E-state index contributed by atoms with van der Waals surface area (Å²) >= 11 is 1.70. The molecule has 2 aliphatic rings. The molecule has 37 heavy (non-hydrogen) atoms. The normalized spacial score (nSPS) is 19.3. The van der Waals surface area contributed by atoms with Crippen molar-refractivity contribution in [3.63, 3.8) is 0 Å². The molecular formula is C29H33NO6S. The van der Waals surface area contributed by atoms with Crippen LogP contribution in [0.2, 0.25) is 0 Å². The largest absolute Gasteiger partial charge is 0.504 e. The van der Waals surface area contributed by atoms with Crippen molar-refractivity contribution >= 4 is 23.5 Å². The smallest absolute Gasteiger partial charge is 0.336 e. The highest BCUT2D eigenvalue weighted by Gasteiger charge is 2.41. The molecule has 0 saturated carbocycles. The van der Waals surface area contributed by atoms with Gasteiger partial charge in [0.2, 0.25) is 0 Å². The third kappa shape index (κ3) is 5.64. The van der Waals surface area contributed by atoms with Crippen molar-refractivity contribution in [1.29, 1.82) is 0 Å². The number of ketones is 1. The number of carbonyl (C=O) groups is 2. The van der Waals surface area contributed by atoms with Crippen molar-refractivity contribution in [3.05, 3.63) is 76.1 Å². The number of rotatable bonds is 9. The minimum Gasteiger partial charge on any atom is -0.504 e. The van der Waals surface area contributed by atoms with Gasteiger partial charge < -0.3 is 24.6 Å². The van der Waals surface area contributed by atoms with Crippen molar-refractivity contribution < 1.29 is 28.9 Å². The Labute approximate surface area is 221 Å². The Morgan fingerprint density at radius 2 is 1.81 bits per heavy atom. The molecule has 196 valence electrons. The number of Topliss-reactive ketones (excluding diaryl/α,β-unsaturated/α-hetero) is 1. The first-order valence-corrected chi connectivity index (χ1v) is 13.5. The van der Waals surface area contributed by atoms with Crippen LogP contribution in [0.5, 0.6) is 17.2 Å². The number of dihydropyridines is 1. The average molecular weight is 524 g/mol. The van der Waals surface area contributed by atoms with Crippen LogP contribution in [0, 0.1) is 0 Å². The van der Waals surface area contributed by atoms with Gasteiger partial charge in [-0.05, 0) is 60.4 Å². The van der Waals surface area contributed by atoms with E-state index in [1.54, 1.807) is 31.0 Å². The minimum absolute atomic E-state index is 0.00651. The van der Waals surface area contributed by atoms with Gasteiger partial charge in [-0.1, -0.05) is 25.1 Å². The lowest BCUT2D eigenvalue weighted by Gasteiger charge is -2.36. The fourth-order valence-corrected chi connectivity index (χ4v) is 5.53. The van der Waals surface area contributed by atoms with Crippen LogP contribution in [-0.4, -0.2) is 49.2 Å². The molecule has 8 heteroatoms. The monoisotopic (exact) mass is 523 g/mol. The van der Waals surface area contributed by atoms with Gasteiger partial charge in [-0.25, -0.2) is 4.79 Å². The highest BCUT2D eigenvalue weighted by atomic mass is 32.2. The van der Waals surface area contributed by atoms with E-state index in [0.29, 0.717) is 47.6 Å². The summed E-state index contributed by atoms with van der Waals surface area (Å²) in [5.74, 6) is 1.59. The first kappa shape index (κ1) is 26.7. The highest BCUT2D eigenvalue weighted by molar-refractivity contribution is 7.99. The average Bonchev–Trinajstić information content (AvgIpc) is 2.90. The number of benzene rings is 2. The molecule has 7 nitrogen and oxygen atoms in total. The zero-order valence-electron chi connectivity index (χ0n) is 21.6. The van der Waals surface area contributed by atoms with Crippen LogP contribution in [-0.2, 0) is 14.3 Å². The number of allylic oxidation sites excluding steroid dienone is 3. The van der Waals surface area contributed by atoms with E-state index < -0.39 is 11.9 Å². The van der Waals surface area contributed by atoms with Crippen LogP contribution in [0.15, 0.2) is 65.0 Å². The lowest BCUT2D eigenvalue weighted by molar-refractivity contribution is -0.138. The van der Waals surface area contributed by atoms with Crippen LogP contribution in [0.3, 0.4) is 0 Å². The Hall–Kier alpha value is -3.39. The number of hydrogen-bond donors (Lipinski definition) is 2. The van der Waals surface area contributed by atoms with Gasteiger partial charge in [-0.2, -0.15) is 11.8 Å². The van der Waals surface area contributed by atoms with Crippen molar-refractivity contribution in [3.8, 4) is 17.2 Å². The molecule has 0 bridgehead atoms. The summed E-state index contributed by atoms with van der Waals surface area (Å²) in [5.41, 5.74) is 4.19. The number of nitrogens with one attached hydrogen (secondary N) is 1.